The van der Waals surface area contributed by atoms with Crippen LogP contribution < -0.4 is 21.3 Å². The Labute approximate surface area is 183 Å². The zero-order chi connectivity index (χ0) is 22.2. The molecule has 0 bridgehead atoms. The second-order valence-electron chi connectivity index (χ2n) is 8.05. The van der Waals surface area contributed by atoms with E-state index in [9.17, 15) is 14.4 Å². The van der Waals surface area contributed by atoms with E-state index in [2.05, 4.69) is 21.4 Å². The molecule has 0 spiro atoms. The molecule has 3 N–H and O–H groups in total. The summed E-state index contributed by atoms with van der Waals surface area (Å²) < 4.78 is 2.00. The van der Waals surface area contributed by atoms with E-state index < -0.39 is 11.1 Å². The zero-order valence-electron chi connectivity index (χ0n) is 17.6. The first kappa shape index (κ1) is 19.9. The molecule has 0 fully saturated rings. The third kappa shape index (κ3) is 3.60. The van der Waals surface area contributed by atoms with E-state index in [4.69, 9.17) is 0 Å². The van der Waals surface area contributed by atoms with Crippen LogP contribution in [-0.2, 0) is 6.42 Å². The number of hydrogen-bond donors (Lipinski definition) is 3. The van der Waals surface area contributed by atoms with Crippen molar-refractivity contribution in [1.82, 2.24) is 14.5 Å². The number of aryl methyl sites for hydroxylation is 1. The Kier molecular flexibility index (Phi) is 4.89. The molecule has 2 heterocycles. The van der Waals surface area contributed by atoms with Crippen molar-refractivity contribution in [2.24, 2.45) is 0 Å². The normalized spacial score (nSPS) is 15.0. The lowest BCUT2D eigenvalue weighted by Crippen LogP contribution is -2.33. The third-order valence-electron chi connectivity index (χ3n) is 6.06. The molecular formula is C24H23N5O3. The average molecular weight is 429 g/mol. The van der Waals surface area contributed by atoms with Crippen LogP contribution in [0.25, 0.3) is 11.3 Å². The maximum Gasteiger partial charge on any atom is 0.326 e. The minimum atomic E-state index is -0.632. The molecule has 0 saturated carbocycles. The molecule has 32 heavy (non-hydrogen) atoms. The van der Waals surface area contributed by atoms with E-state index in [1.807, 2.05) is 53.4 Å². The number of rotatable bonds is 3. The van der Waals surface area contributed by atoms with Gasteiger partial charge in [0.1, 0.15) is 0 Å². The molecule has 0 radical (unpaired) electrons. The molecule has 2 aromatic heterocycles. The van der Waals surface area contributed by atoms with E-state index >= 15 is 0 Å². The van der Waals surface area contributed by atoms with Crippen molar-refractivity contribution in [3.05, 3.63) is 92.5 Å². The van der Waals surface area contributed by atoms with Crippen LogP contribution in [0.5, 0.6) is 0 Å². The summed E-state index contributed by atoms with van der Waals surface area (Å²) >= 11 is 0. The van der Waals surface area contributed by atoms with Crippen LogP contribution >= 0.6 is 0 Å². The number of carbonyl (C=O) groups is 1. The molecule has 0 saturated heterocycles. The minimum Gasteiger partial charge on any atom is -0.325 e. The van der Waals surface area contributed by atoms with Gasteiger partial charge in [-0.3, -0.25) is 14.5 Å². The highest BCUT2D eigenvalue weighted by atomic mass is 16.2. The van der Waals surface area contributed by atoms with Crippen LogP contribution in [0.2, 0.25) is 0 Å². The summed E-state index contributed by atoms with van der Waals surface area (Å²) in [6, 6.07) is 11.0. The topological polar surface area (TPSA) is 103 Å². The van der Waals surface area contributed by atoms with Gasteiger partial charge in [0.05, 0.1) is 11.4 Å². The molecule has 3 aromatic rings. The van der Waals surface area contributed by atoms with Gasteiger partial charge in [-0.05, 0) is 50.0 Å². The van der Waals surface area contributed by atoms with E-state index in [0.717, 1.165) is 54.0 Å². The number of urea groups is 1. The monoisotopic (exact) mass is 429 g/mol. The van der Waals surface area contributed by atoms with Gasteiger partial charge in [0.25, 0.3) is 0 Å². The number of nitrogens with one attached hydrogen (secondary N) is 3. The molecule has 2 aliphatic rings. The summed E-state index contributed by atoms with van der Waals surface area (Å²) in [7, 11) is 1.73. The lowest BCUT2D eigenvalue weighted by atomic mass is 9.85. The Bertz CT molecular complexity index is 1370. The first-order valence-electron chi connectivity index (χ1n) is 10.6. The smallest absolute Gasteiger partial charge is 0.325 e. The largest absolute Gasteiger partial charge is 0.326 e. The van der Waals surface area contributed by atoms with Crippen molar-refractivity contribution in [2.75, 3.05) is 17.3 Å². The summed E-state index contributed by atoms with van der Waals surface area (Å²) in [6.45, 7) is 0. The number of carbonyl (C=O) groups excluding carboxylic acids is 1. The summed E-state index contributed by atoms with van der Waals surface area (Å²) in [5.74, 6) is 0. The summed E-state index contributed by atoms with van der Waals surface area (Å²) in [5, 5.41) is 2.88. The second-order valence-corrected chi connectivity index (χ2v) is 8.05. The Morgan fingerprint density at radius 1 is 1.00 bits per heavy atom. The Balaban J connectivity index is 1.40. The number of nitrogens with zero attached hydrogens (tertiary/aromatic N) is 2. The van der Waals surface area contributed by atoms with Gasteiger partial charge in [0.2, 0.25) is 0 Å². The van der Waals surface area contributed by atoms with Crippen LogP contribution in [0.15, 0.2) is 70.0 Å². The maximum atomic E-state index is 12.6. The molecule has 5 rings (SSSR count). The molecule has 0 atom stereocenters. The standard InChI is InChI=1S/C24H23N5O3/c1-28(24(32)25-16-5-3-2-4-6-16)18-11-12-29(14-18)17-9-7-15-8-10-20-21(19(15)13-17)27-23(31)22(30)26-20/h2-6,11-14H,7-10H2,1H3,(H,25,32)(H,26,30)(H,27,31). The summed E-state index contributed by atoms with van der Waals surface area (Å²) in [4.78, 5) is 43.2. The van der Waals surface area contributed by atoms with Crippen molar-refractivity contribution in [3.63, 3.8) is 0 Å². The second kappa shape index (κ2) is 7.88. The fraction of sp³-hybridized carbons (Fsp3) is 0.208. The van der Waals surface area contributed by atoms with Crippen LogP contribution in [-0.4, -0.2) is 27.6 Å². The number of H-pyrrole nitrogens is 2. The van der Waals surface area contributed by atoms with Crippen molar-refractivity contribution in [1.29, 1.82) is 0 Å². The summed E-state index contributed by atoms with van der Waals surface area (Å²) in [5.41, 5.74) is 5.07. The number of anilines is 2. The van der Waals surface area contributed by atoms with E-state index in [0.29, 0.717) is 5.69 Å². The van der Waals surface area contributed by atoms with E-state index in [1.165, 1.54) is 5.57 Å². The molecular weight excluding hydrogens is 406 g/mol. The van der Waals surface area contributed by atoms with Gasteiger partial charge in [-0.15, -0.1) is 0 Å². The number of allylic oxidation sites excluding steroid dienone is 4. The number of para-hydroxylation sites is 1. The van der Waals surface area contributed by atoms with Gasteiger partial charge in [-0.1, -0.05) is 23.8 Å². The molecule has 0 unspecified atom stereocenters. The van der Waals surface area contributed by atoms with E-state index in [1.54, 1.807) is 11.9 Å². The number of amides is 2. The molecule has 0 aliphatic heterocycles. The number of aromatic nitrogens is 3. The van der Waals surface area contributed by atoms with E-state index in [-0.39, 0.29) is 6.03 Å². The van der Waals surface area contributed by atoms with Crippen molar-refractivity contribution in [3.8, 4) is 0 Å². The molecule has 2 aliphatic carbocycles. The third-order valence-corrected chi connectivity index (χ3v) is 6.06. The highest BCUT2D eigenvalue weighted by molar-refractivity contribution is 6.01. The Hall–Kier alpha value is -4.07. The maximum absolute atomic E-state index is 12.6. The van der Waals surface area contributed by atoms with Crippen molar-refractivity contribution < 1.29 is 4.79 Å². The fourth-order valence-corrected chi connectivity index (χ4v) is 4.27. The molecule has 8 nitrogen and oxygen atoms in total. The minimum absolute atomic E-state index is 0.223. The van der Waals surface area contributed by atoms with Crippen LogP contribution in [0.4, 0.5) is 16.2 Å². The van der Waals surface area contributed by atoms with Crippen molar-refractivity contribution >= 4 is 28.7 Å². The van der Waals surface area contributed by atoms with Crippen LogP contribution in [0.1, 0.15) is 30.7 Å². The molecule has 1 aromatic carbocycles. The van der Waals surface area contributed by atoms with Crippen molar-refractivity contribution in [2.45, 2.75) is 25.7 Å². The average Bonchev–Trinajstić information content (AvgIpc) is 3.30. The van der Waals surface area contributed by atoms with Gasteiger partial charge < -0.3 is 19.9 Å². The quantitative estimate of drug-likeness (QED) is 0.555. The fourth-order valence-electron chi connectivity index (χ4n) is 4.27. The van der Waals surface area contributed by atoms with Gasteiger partial charge in [0.15, 0.2) is 0 Å². The summed E-state index contributed by atoms with van der Waals surface area (Å²) in [6.07, 6.45) is 9.25. The number of fused-ring (bicyclic) bond motifs is 2. The van der Waals surface area contributed by atoms with Crippen LogP contribution in [0, 0.1) is 0 Å². The number of benzene rings is 1. The first-order valence-corrected chi connectivity index (χ1v) is 10.6. The lowest BCUT2D eigenvalue weighted by molar-refractivity contribution is 0.258. The van der Waals surface area contributed by atoms with Gasteiger partial charge in [-0.25, -0.2) is 4.79 Å². The van der Waals surface area contributed by atoms with Crippen LogP contribution in [0.3, 0.4) is 0 Å². The number of aromatic amines is 2. The van der Waals surface area contributed by atoms with Gasteiger partial charge in [-0.2, -0.15) is 0 Å². The Morgan fingerprint density at radius 2 is 1.75 bits per heavy atom. The SMILES string of the molecule is CN(C(=O)Nc1ccccc1)c1ccn(C2=CC3=C(CC2)CCc2[nH]c(=O)c(=O)[nH]c23)c1. The lowest BCUT2D eigenvalue weighted by Gasteiger charge is -2.26. The highest BCUT2D eigenvalue weighted by Gasteiger charge is 2.24. The van der Waals surface area contributed by atoms with Gasteiger partial charge in [0, 0.05) is 42.1 Å². The molecule has 2 amide bonds. The zero-order valence-corrected chi connectivity index (χ0v) is 17.6. The molecule has 162 valence electrons. The predicted octanol–water partition coefficient (Wildman–Crippen LogP) is 3.57. The molecule has 8 heteroatoms. The Morgan fingerprint density at radius 3 is 2.56 bits per heavy atom. The van der Waals surface area contributed by atoms with Gasteiger partial charge >= 0.3 is 17.1 Å². The first-order chi connectivity index (χ1) is 15.5. The number of hydrogen-bond acceptors (Lipinski definition) is 3. The predicted molar refractivity (Wildman–Crippen MR) is 125 cm³/mol. The highest BCUT2D eigenvalue weighted by Crippen LogP contribution is 2.38.